The molecule has 0 spiro atoms. The van der Waals surface area contributed by atoms with Crippen LogP contribution in [0.25, 0.3) is 11.0 Å². The maximum atomic E-state index is 12.4. The van der Waals surface area contributed by atoms with Crippen LogP contribution in [0.2, 0.25) is 0 Å². The Labute approximate surface area is 178 Å². The number of Topliss-reactive ketones (excluding diaryl/α,β-unsaturated/α-hetero) is 1. The van der Waals surface area contributed by atoms with E-state index in [9.17, 15) is 18.0 Å². The number of fused-ring (bicyclic) bond motifs is 1. The van der Waals surface area contributed by atoms with Gasteiger partial charge in [-0.05, 0) is 25.1 Å². The largest absolute Gasteiger partial charge is 0.328 e. The molecule has 160 valence electrons. The molecule has 1 aromatic carbocycles. The number of benzene rings is 1. The molecular weight excluding hydrogens is 426 g/mol. The van der Waals surface area contributed by atoms with Crippen molar-refractivity contribution < 1.29 is 18.0 Å². The van der Waals surface area contributed by atoms with Crippen molar-refractivity contribution in [3.05, 3.63) is 35.1 Å². The summed E-state index contributed by atoms with van der Waals surface area (Å²) in [5, 5.41) is 4.68. The number of thiazole rings is 1. The first-order valence-electron chi connectivity index (χ1n) is 9.31. The molecule has 0 atom stereocenters. The zero-order valence-electron chi connectivity index (χ0n) is 17.2. The third kappa shape index (κ3) is 4.42. The molecule has 0 aliphatic carbocycles. The molecule has 3 aromatic rings. The molecule has 0 aliphatic heterocycles. The number of hydrogen-bond acceptors (Lipinski definition) is 7. The summed E-state index contributed by atoms with van der Waals surface area (Å²) in [5.41, 5.74) is 1.71. The van der Waals surface area contributed by atoms with Crippen molar-refractivity contribution >= 4 is 49.2 Å². The van der Waals surface area contributed by atoms with E-state index >= 15 is 0 Å². The lowest BCUT2D eigenvalue weighted by atomic mass is 10.3. The number of nitrogens with one attached hydrogen (secondary N) is 1. The fourth-order valence-electron chi connectivity index (χ4n) is 2.97. The van der Waals surface area contributed by atoms with Crippen LogP contribution in [-0.2, 0) is 27.8 Å². The summed E-state index contributed by atoms with van der Waals surface area (Å²) in [4.78, 5) is 32.4. The topological polar surface area (TPSA) is 114 Å². The van der Waals surface area contributed by atoms with Crippen molar-refractivity contribution in [3.8, 4) is 0 Å². The van der Waals surface area contributed by atoms with E-state index in [1.807, 2.05) is 11.5 Å². The molecule has 0 radical (unpaired) electrons. The summed E-state index contributed by atoms with van der Waals surface area (Å²) in [6, 6.07) is 4.86. The first kappa shape index (κ1) is 22.1. The SMILES string of the molecule is CCn1c(CCC(=O)Nc2nc(C(C)=O)cs2)nc2cc(S(=O)(=O)N(C)C)ccc21. The quantitative estimate of drug-likeness (QED) is 0.529. The van der Waals surface area contributed by atoms with Crippen molar-refractivity contribution in [2.45, 2.75) is 38.1 Å². The van der Waals surface area contributed by atoms with Crippen LogP contribution in [0.5, 0.6) is 0 Å². The van der Waals surface area contributed by atoms with Crippen molar-refractivity contribution in [1.29, 1.82) is 0 Å². The summed E-state index contributed by atoms with van der Waals surface area (Å²) in [5.74, 6) is 0.315. The number of amides is 1. The van der Waals surface area contributed by atoms with Gasteiger partial charge in [0.2, 0.25) is 15.9 Å². The molecule has 0 unspecified atom stereocenters. The number of aromatic nitrogens is 3. The smallest absolute Gasteiger partial charge is 0.242 e. The van der Waals surface area contributed by atoms with Gasteiger partial charge < -0.3 is 9.88 Å². The summed E-state index contributed by atoms with van der Waals surface area (Å²) >= 11 is 1.20. The number of ketones is 1. The van der Waals surface area contributed by atoms with Gasteiger partial charge >= 0.3 is 0 Å². The summed E-state index contributed by atoms with van der Waals surface area (Å²) in [7, 11) is -0.589. The third-order valence-electron chi connectivity index (χ3n) is 4.58. The van der Waals surface area contributed by atoms with E-state index in [2.05, 4.69) is 15.3 Å². The molecule has 0 saturated carbocycles. The van der Waals surface area contributed by atoms with Gasteiger partial charge in [-0.25, -0.2) is 22.7 Å². The first-order valence-corrected chi connectivity index (χ1v) is 11.6. The molecule has 11 heteroatoms. The Morgan fingerprint density at radius 2 is 1.97 bits per heavy atom. The van der Waals surface area contributed by atoms with Crippen molar-refractivity contribution in [2.75, 3.05) is 19.4 Å². The molecule has 30 heavy (non-hydrogen) atoms. The van der Waals surface area contributed by atoms with Crippen LogP contribution < -0.4 is 5.32 Å². The number of imidazole rings is 1. The van der Waals surface area contributed by atoms with Crippen LogP contribution in [0.4, 0.5) is 5.13 Å². The minimum atomic E-state index is -3.55. The van der Waals surface area contributed by atoms with Crippen LogP contribution in [0.3, 0.4) is 0 Å². The number of sulfonamides is 1. The fourth-order valence-corrected chi connectivity index (χ4v) is 4.66. The Morgan fingerprint density at radius 3 is 2.57 bits per heavy atom. The molecular formula is C19H23N5O4S2. The monoisotopic (exact) mass is 449 g/mol. The molecule has 0 saturated heterocycles. The highest BCUT2D eigenvalue weighted by molar-refractivity contribution is 7.89. The minimum absolute atomic E-state index is 0.154. The normalized spacial score (nSPS) is 11.9. The Bertz CT molecular complexity index is 1210. The van der Waals surface area contributed by atoms with Crippen LogP contribution in [0, 0.1) is 0 Å². The lowest BCUT2D eigenvalue weighted by molar-refractivity contribution is -0.116. The highest BCUT2D eigenvalue weighted by Gasteiger charge is 2.20. The van der Waals surface area contributed by atoms with E-state index in [1.165, 1.54) is 32.4 Å². The van der Waals surface area contributed by atoms with Crippen molar-refractivity contribution in [3.63, 3.8) is 0 Å². The highest BCUT2D eigenvalue weighted by atomic mass is 32.2. The minimum Gasteiger partial charge on any atom is -0.328 e. The van der Waals surface area contributed by atoms with Crippen LogP contribution in [0.15, 0.2) is 28.5 Å². The second kappa shape index (κ2) is 8.62. The van der Waals surface area contributed by atoms with Gasteiger partial charge in [0.15, 0.2) is 10.9 Å². The molecule has 2 heterocycles. The lowest BCUT2D eigenvalue weighted by Crippen LogP contribution is -2.22. The second-order valence-corrected chi connectivity index (χ2v) is 9.86. The van der Waals surface area contributed by atoms with Crippen molar-refractivity contribution in [1.82, 2.24) is 18.8 Å². The maximum absolute atomic E-state index is 12.4. The molecule has 3 rings (SSSR count). The van der Waals surface area contributed by atoms with Crippen LogP contribution >= 0.6 is 11.3 Å². The molecule has 9 nitrogen and oxygen atoms in total. The molecule has 0 bridgehead atoms. The standard InChI is InChI=1S/C19H23N5O4S2/c1-5-24-16-7-6-13(30(27,28)23(3)4)10-14(16)20-17(24)8-9-18(26)22-19-21-15(11-29-19)12(2)25/h6-7,10-11H,5,8-9H2,1-4H3,(H,21,22,26). The van der Waals surface area contributed by atoms with Gasteiger partial charge in [0.25, 0.3) is 0 Å². The van der Waals surface area contributed by atoms with Gasteiger partial charge in [-0.3, -0.25) is 9.59 Å². The zero-order valence-corrected chi connectivity index (χ0v) is 18.8. The lowest BCUT2D eigenvalue weighted by Gasteiger charge is -2.11. The van der Waals surface area contributed by atoms with Crippen LogP contribution in [0.1, 0.15) is 36.6 Å². The number of rotatable bonds is 8. The average Bonchev–Trinajstić information content (AvgIpc) is 3.29. The number of carbonyl (C=O) groups is 2. The van der Waals surface area contributed by atoms with Gasteiger partial charge in [0.1, 0.15) is 11.5 Å². The van der Waals surface area contributed by atoms with E-state index in [4.69, 9.17) is 0 Å². The van der Waals surface area contributed by atoms with E-state index in [0.29, 0.717) is 35.1 Å². The summed E-state index contributed by atoms with van der Waals surface area (Å²) < 4.78 is 27.9. The van der Waals surface area contributed by atoms with E-state index in [0.717, 1.165) is 9.82 Å². The second-order valence-electron chi connectivity index (χ2n) is 6.85. The number of anilines is 1. The number of hydrogen-bond donors (Lipinski definition) is 1. The average molecular weight is 450 g/mol. The Morgan fingerprint density at radius 1 is 1.23 bits per heavy atom. The van der Waals surface area contributed by atoms with Gasteiger partial charge in [-0.2, -0.15) is 0 Å². The number of nitrogens with zero attached hydrogens (tertiary/aromatic N) is 4. The zero-order chi connectivity index (χ0) is 22.1. The van der Waals surface area contributed by atoms with Crippen molar-refractivity contribution in [2.24, 2.45) is 0 Å². The maximum Gasteiger partial charge on any atom is 0.242 e. The molecule has 2 aromatic heterocycles. The van der Waals surface area contributed by atoms with E-state index < -0.39 is 10.0 Å². The molecule has 1 amide bonds. The Balaban J connectivity index is 1.78. The molecule has 0 fully saturated rings. The van der Waals surface area contributed by atoms with Gasteiger partial charge in [0.05, 0.1) is 15.9 Å². The Hall–Kier alpha value is -2.63. The number of aryl methyl sites for hydroxylation is 2. The molecule has 0 aliphatic rings. The van der Waals surface area contributed by atoms with E-state index in [-0.39, 0.29) is 23.0 Å². The summed E-state index contributed by atoms with van der Waals surface area (Å²) in [6.45, 7) is 4.03. The van der Waals surface area contributed by atoms with Crippen LogP contribution in [-0.4, -0.2) is 53.0 Å². The molecule has 1 N–H and O–H groups in total. The summed E-state index contributed by atoms with van der Waals surface area (Å²) in [6.07, 6.45) is 0.566. The van der Waals surface area contributed by atoms with Gasteiger partial charge in [-0.15, -0.1) is 11.3 Å². The third-order valence-corrected chi connectivity index (χ3v) is 7.15. The van der Waals surface area contributed by atoms with Gasteiger partial charge in [0, 0.05) is 45.8 Å². The number of carbonyl (C=O) groups excluding carboxylic acids is 2. The predicted molar refractivity (Wildman–Crippen MR) is 115 cm³/mol. The fraction of sp³-hybridized carbons (Fsp3) is 0.368. The Kier molecular flexibility index (Phi) is 6.34. The first-order chi connectivity index (χ1) is 14.1. The van der Waals surface area contributed by atoms with Gasteiger partial charge in [-0.1, -0.05) is 0 Å². The predicted octanol–water partition coefficient (Wildman–Crippen LogP) is 2.54. The van der Waals surface area contributed by atoms with E-state index in [1.54, 1.807) is 23.6 Å². The highest BCUT2D eigenvalue weighted by Crippen LogP contribution is 2.23.